The van der Waals surface area contributed by atoms with Gasteiger partial charge in [0.05, 0.1) is 53.8 Å². The van der Waals surface area contributed by atoms with Crippen LogP contribution in [0.1, 0.15) is 101 Å². The number of nitrogens with one attached hydrogen (secondary N) is 1. The smallest absolute Gasteiger partial charge is 0.328 e. The minimum Gasteiger partial charge on any atom is -0.459 e. The molecule has 5 heterocycles. The average molecular weight is 952 g/mol. The molecule has 67 heavy (non-hydrogen) atoms. The van der Waals surface area contributed by atoms with Gasteiger partial charge in [0.15, 0.2) is 6.29 Å². The quantitative estimate of drug-likeness (QED) is 0.162. The summed E-state index contributed by atoms with van der Waals surface area (Å²) in [5.41, 5.74) is -4.76. The Kier molecular flexibility index (Phi) is 18.2. The van der Waals surface area contributed by atoms with Gasteiger partial charge >= 0.3 is 11.7 Å². The molecular formula is C47H81N7O13. The van der Waals surface area contributed by atoms with E-state index in [1.54, 1.807) is 52.4 Å². The summed E-state index contributed by atoms with van der Waals surface area (Å²) in [6.45, 7) is 19.4. The maximum Gasteiger partial charge on any atom is 0.328 e. The van der Waals surface area contributed by atoms with Gasteiger partial charge in [-0.25, -0.2) is 4.79 Å². The van der Waals surface area contributed by atoms with Crippen LogP contribution >= 0.6 is 0 Å². The van der Waals surface area contributed by atoms with Crippen LogP contribution in [0.5, 0.6) is 0 Å². The summed E-state index contributed by atoms with van der Waals surface area (Å²) in [6.07, 6.45) is -3.82. The number of rotatable bonds is 12. The average Bonchev–Trinajstić information content (AvgIpc) is 3.72. The number of hydrogen-bond donors (Lipinski definition) is 6. The van der Waals surface area contributed by atoms with Crippen molar-refractivity contribution in [1.82, 2.24) is 34.3 Å². The topological polar surface area (TPSA) is 256 Å². The van der Waals surface area contributed by atoms with Crippen molar-refractivity contribution in [3.63, 3.8) is 0 Å². The summed E-state index contributed by atoms with van der Waals surface area (Å²) in [6, 6.07) is 0.280. The van der Waals surface area contributed by atoms with Gasteiger partial charge in [-0.1, -0.05) is 32.9 Å². The Bertz CT molecular complexity index is 2030. The number of aromatic amines is 1. The van der Waals surface area contributed by atoms with E-state index in [9.17, 15) is 39.9 Å². The Morgan fingerprint density at radius 1 is 0.985 bits per heavy atom. The second-order valence-electron chi connectivity index (χ2n) is 20.8. The number of likely N-dealkylation sites (N-methyl/N-ethyl adjacent to an activating group) is 2. The summed E-state index contributed by atoms with van der Waals surface area (Å²) in [4.78, 5) is 44.3. The third-order valence-electron chi connectivity index (χ3n) is 15.2. The predicted octanol–water partition coefficient (Wildman–Crippen LogP) is 0.929. The van der Waals surface area contributed by atoms with Crippen molar-refractivity contribution < 1.29 is 54.0 Å². The van der Waals surface area contributed by atoms with E-state index in [-0.39, 0.29) is 37.8 Å². The van der Waals surface area contributed by atoms with Gasteiger partial charge in [-0.05, 0) is 86.7 Å². The monoisotopic (exact) mass is 952 g/mol. The molecule has 0 aromatic carbocycles. The highest BCUT2D eigenvalue weighted by atomic mass is 16.7. The normalized spacial score (nSPS) is 41.1. The number of nitrogens with zero attached hydrogens (tertiary/aromatic N) is 6. The number of hydrogen-bond acceptors (Lipinski definition) is 17. The fourth-order valence-electron chi connectivity index (χ4n) is 11.1. The molecule has 0 saturated carbocycles. The summed E-state index contributed by atoms with van der Waals surface area (Å²) >= 11 is 0. The van der Waals surface area contributed by atoms with E-state index in [2.05, 4.69) is 15.3 Å². The Labute approximate surface area is 394 Å². The number of ether oxygens (including phenoxy) is 5. The van der Waals surface area contributed by atoms with Gasteiger partial charge in [0.25, 0.3) is 5.56 Å². The Morgan fingerprint density at radius 2 is 1.67 bits per heavy atom. The van der Waals surface area contributed by atoms with Gasteiger partial charge in [-0.2, -0.15) is 0 Å². The maximum absolute atomic E-state index is 14.6. The molecule has 382 valence electrons. The van der Waals surface area contributed by atoms with Crippen molar-refractivity contribution in [2.24, 2.45) is 23.7 Å². The van der Waals surface area contributed by atoms with E-state index in [0.29, 0.717) is 38.2 Å². The molecule has 18 atom stereocenters. The van der Waals surface area contributed by atoms with Crippen molar-refractivity contribution in [1.29, 1.82) is 0 Å². The van der Waals surface area contributed by atoms with Crippen LogP contribution in [-0.2, 0) is 48.0 Å². The number of carbonyl (C=O) groups excluding carboxylic acids is 1. The van der Waals surface area contributed by atoms with Crippen molar-refractivity contribution in [2.45, 2.75) is 198 Å². The molecule has 1 unspecified atom stereocenters. The summed E-state index contributed by atoms with van der Waals surface area (Å²) in [5.74, 6) is -3.20. The number of methoxy groups -OCH3 is 1. The van der Waals surface area contributed by atoms with Crippen LogP contribution in [-0.4, -0.2) is 184 Å². The standard InChI is InChI=1S/C47H81N7O13/c1-14-35-47(10,62)39(57)30(6)52(12)24-26(2)22-45(8,61)41(28(4)37(29(5)42(59)66-35)34-23-46(9,63-13)40(58)31(7)65-34)67-43-38(56)33(21-27(3)64-43)51(11)17-15-32-25-54(50-49-32)20-19-53-18-16-36(55)48-44(53)60/h16,18,25-31,33-35,37-41,43,56-58,61-62H,14-15,17,19-24H2,1-13H3,(H,48,55,60)/t26-,27-,28+,29-,30-,31+,33+,34-,35-,37?,38-,39-,40+,41-,43+,45-,46-,47-/m1/s1. The first kappa shape index (κ1) is 54.8. The van der Waals surface area contributed by atoms with Crippen LogP contribution in [0.15, 0.2) is 28.0 Å². The van der Waals surface area contributed by atoms with Gasteiger partial charge < -0.3 is 59.0 Å². The van der Waals surface area contributed by atoms with Crippen LogP contribution in [0.2, 0.25) is 0 Å². The highest BCUT2D eigenvalue weighted by Crippen LogP contribution is 2.45. The lowest BCUT2D eigenvalue weighted by Crippen LogP contribution is -2.62. The fraction of sp³-hybridized carbons (Fsp3) is 0.851. The van der Waals surface area contributed by atoms with Crippen LogP contribution in [0.3, 0.4) is 0 Å². The molecule has 0 amide bonds. The molecule has 5 rings (SSSR count). The highest BCUT2D eigenvalue weighted by Gasteiger charge is 2.55. The fourth-order valence-corrected chi connectivity index (χ4v) is 11.1. The van der Waals surface area contributed by atoms with Crippen molar-refractivity contribution in [3.8, 4) is 0 Å². The van der Waals surface area contributed by atoms with Gasteiger partial charge in [-0.15, -0.1) is 5.10 Å². The molecule has 3 saturated heterocycles. The maximum atomic E-state index is 14.6. The van der Waals surface area contributed by atoms with E-state index in [1.165, 1.54) is 30.9 Å². The minimum atomic E-state index is -1.82. The van der Waals surface area contributed by atoms with E-state index < -0.39 is 113 Å². The number of H-pyrrole nitrogens is 1. The second kappa shape index (κ2) is 22.3. The zero-order valence-corrected chi connectivity index (χ0v) is 41.9. The molecule has 2 aromatic rings. The zero-order valence-electron chi connectivity index (χ0n) is 41.9. The Hall–Kier alpha value is -3.15. The second-order valence-corrected chi connectivity index (χ2v) is 20.8. The van der Waals surface area contributed by atoms with Gasteiger partial charge in [0.2, 0.25) is 0 Å². The molecule has 0 aliphatic carbocycles. The number of carbonyl (C=O) groups is 1. The molecule has 20 nitrogen and oxygen atoms in total. The van der Waals surface area contributed by atoms with Gasteiger partial charge in [0.1, 0.15) is 30.0 Å². The first-order valence-electron chi connectivity index (χ1n) is 24.0. The minimum absolute atomic E-state index is 0.179. The first-order valence-corrected chi connectivity index (χ1v) is 24.0. The largest absolute Gasteiger partial charge is 0.459 e. The van der Waals surface area contributed by atoms with E-state index in [4.69, 9.17) is 23.7 Å². The first-order chi connectivity index (χ1) is 31.2. The lowest BCUT2D eigenvalue weighted by molar-refractivity contribution is -0.302. The Morgan fingerprint density at radius 3 is 2.31 bits per heavy atom. The molecule has 6 N–H and O–H groups in total. The number of aliphatic hydroxyl groups excluding tert-OH is 3. The van der Waals surface area contributed by atoms with Crippen molar-refractivity contribution in [2.75, 3.05) is 34.3 Å². The number of aryl methyl sites for hydroxylation is 2. The SMILES string of the molecule is CC[C@H]1OC(=O)[C@H](C)C([C@H]2C[C@@](C)(OC)[C@@H](O)[C@H](C)O2)[C@H](C)[C@@H](O[C@@H]2O[C@H](C)C[C@H](N(C)CCc3cn(CCn4ccc(=O)[nH]c4=O)nn3)[C@H]2O)[C@](C)(O)C[C@@H](C)CN(C)[C@H](C)[C@@H](O)[C@]1(C)O. The molecule has 3 aliphatic rings. The van der Waals surface area contributed by atoms with Crippen LogP contribution in [0.4, 0.5) is 0 Å². The third kappa shape index (κ3) is 12.6. The summed E-state index contributed by atoms with van der Waals surface area (Å²) in [7, 11) is 5.26. The molecule has 20 heteroatoms. The van der Waals surface area contributed by atoms with Crippen molar-refractivity contribution in [3.05, 3.63) is 45.0 Å². The molecule has 2 aromatic heterocycles. The van der Waals surface area contributed by atoms with E-state index in [1.807, 2.05) is 44.7 Å². The van der Waals surface area contributed by atoms with E-state index in [0.717, 1.165) is 0 Å². The van der Waals surface area contributed by atoms with Gasteiger partial charge in [0, 0.05) is 76.0 Å². The van der Waals surface area contributed by atoms with Crippen LogP contribution in [0.25, 0.3) is 0 Å². The molecule has 3 aliphatic heterocycles. The molecule has 3 fully saturated rings. The summed E-state index contributed by atoms with van der Waals surface area (Å²) < 4.78 is 35.1. The van der Waals surface area contributed by atoms with Crippen LogP contribution < -0.4 is 11.2 Å². The molecular weight excluding hydrogens is 871 g/mol. The highest BCUT2D eigenvalue weighted by molar-refractivity contribution is 5.73. The summed E-state index contributed by atoms with van der Waals surface area (Å²) in [5, 5.41) is 68.4. The zero-order chi connectivity index (χ0) is 49.9. The lowest BCUT2D eigenvalue weighted by Gasteiger charge is -2.51. The molecule has 0 bridgehead atoms. The van der Waals surface area contributed by atoms with E-state index >= 15 is 0 Å². The third-order valence-corrected chi connectivity index (χ3v) is 15.2. The van der Waals surface area contributed by atoms with Crippen LogP contribution in [0, 0.1) is 23.7 Å². The molecule has 0 radical (unpaired) electrons. The number of aromatic nitrogens is 5. The van der Waals surface area contributed by atoms with Gasteiger partial charge in [-0.3, -0.25) is 23.8 Å². The lowest BCUT2D eigenvalue weighted by atomic mass is 9.68. The number of cyclic esters (lactones) is 1. The Balaban J connectivity index is 1.45. The number of esters is 1. The van der Waals surface area contributed by atoms with Crippen molar-refractivity contribution >= 4 is 5.97 Å². The number of aliphatic hydroxyl groups is 5. The molecule has 0 spiro atoms. The predicted molar refractivity (Wildman–Crippen MR) is 247 cm³/mol.